The lowest BCUT2D eigenvalue weighted by molar-refractivity contribution is 0.0100. The van der Waals surface area contributed by atoms with Crippen LogP contribution in [0, 0.1) is 13.8 Å². The predicted octanol–water partition coefficient (Wildman–Crippen LogP) is 4.00. The summed E-state index contributed by atoms with van der Waals surface area (Å²) in [4.78, 5) is 0. The lowest BCUT2D eigenvalue weighted by Gasteiger charge is -2.26. The van der Waals surface area contributed by atoms with Crippen molar-refractivity contribution in [3.8, 4) is 5.75 Å². The third-order valence-electron chi connectivity index (χ3n) is 3.83. The van der Waals surface area contributed by atoms with Crippen LogP contribution in [0.25, 0.3) is 0 Å². The zero-order valence-electron chi connectivity index (χ0n) is 12.1. The van der Waals surface area contributed by atoms with E-state index < -0.39 is 0 Å². The van der Waals surface area contributed by atoms with Crippen LogP contribution >= 0.6 is 0 Å². The molecule has 0 aliphatic carbocycles. The van der Waals surface area contributed by atoms with Gasteiger partial charge in [-0.1, -0.05) is 36.4 Å². The molecule has 1 aliphatic heterocycles. The van der Waals surface area contributed by atoms with Crippen LogP contribution in [0.3, 0.4) is 0 Å². The normalized spacial score (nSPS) is 17.6. The Kier molecular flexibility index (Phi) is 3.75. The molecule has 1 heterocycles. The molecule has 2 nitrogen and oxygen atoms in total. The highest BCUT2D eigenvalue weighted by molar-refractivity contribution is 5.36. The van der Waals surface area contributed by atoms with Crippen molar-refractivity contribution in [3.63, 3.8) is 0 Å². The van der Waals surface area contributed by atoms with Crippen molar-refractivity contribution >= 4 is 0 Å². The first-order chi connectivity index (χ1) is 9.74. The minimum absolute atomic E-state index is 0.0415. The number of hydrogen-bond acceptors (Lipinski definition) is 2. The molecule has 0 spiro atoms. The Morgan fingerprint density at radius 2 is 2.00 bits per heavy atom. The number of fused-ring (bicyclic) bond motifs is 1. The summed E-state index contributed by atoms with van der Waals surface area (Å²) in [5.41, 5.74) is 5.03. The van der Waals surface area contributed by atoms with Crippen LogP contribution in [0.5, 0.6) is 5.75 Å². The predicted molar refractivity (Wildman–Crippen MR) is 80.3 cm³/mol. The lowest BCUT2D eigenvalue weighted by atomic mass is 9.98. The average molecular weight is 268 g/mol. The van der Waals surface area contributed by atoms with E-state index in [2.05, 4.69) is 56.3 Å². The second-order valence-corrected chi connectivity index (χ2v) is 5.39. The van der Waals surface area contributed by atoms with Crippen LogP contribution in [0.15, 0.2) is 42.5 Å². The van der Waals surface area contributed by atoms with Crippen molar-refractivity contribution in [2.75, 3.05) is 13.2 Å². The van der Waals surface area contributed by atoms with Gasteiger partial charge in [0, 0.05) is 0 Å². The molecule has 0 fully saturated rings. The summed E-state index contributed by atoms with van der Waals surface area (Å²) in [5.74, 6) is 0.955. The number of ether oxygens (including phenoxy) is 2. The van der Waals surface area contributed by atoms with Gasteiger partial charge in [0.05, 0.1) is 6.61 Å². The van der Waals surface area contributed by atoms with Gasteiger partial charge in [-0.05, 0) is 48.6 Å². The van der Waals surface area contributed by atoms with Crippen LogP contribution in [0.2, 0.25) is 0 Å². The molecule has 0 N–H and O–H groups in total. The van der Waals surface area contributed by atoms with E-state index in [0.29, 0.717) is 6.61 Å². The van der Waals surface area contributed by atoms with Gasteiger partial charge in [0.1, 0.15) is 18.5 Å². The van der Waals surface area contributed by atoms with Crippen LogP contribution in [-0.2, 0) is 11.2 Å². The van der Waals surface area contributed by atoms with Gasteiger partial charge in [-0.3, -0.25) is 0 Å². The molecule has 1 atom stereocenters. The Bertz CT molecular complexity index is 604. The number of hydrogen-bond donors (Lipinski definition) is 0. The number of rotatable bonds is 3. The molecule has 1 unspecified atom stereocenters. The van der Waals surface area contributed by atoms with Crippen molar-refractivity contribution in [2.24, 2.45) is 0 Å². The van der Waals surface area contributed by atoms with E-state index in [1.165, 1.54) is 22.3 Å². The maximum atomic E-state index is 5.99. The average Bonchev–Trinajstić information content (AvgIpc) is 2.48. The van der Waals surface area contributed by atoms with Crippen LogP contribution in [0.4, 0.5) is 0 Å². The fraction of sp³-hybridized carbons (Fsp3) is 0.333. The first-order valence-electron chi connectivity index (χ1n) is 7.13. The van der Waals surface area contributed by atoms with Gasteiger partial charge in [0.2, 0.25) is 0 Å². The van der Waals surface area contributed by atoms with E-state index in [4.69, 9.17) is 9.47 Å². The Morgan fingerprint density at radius 3 is 2.90 bits per heavy atom. The van der Waals surface area contributed by atoms with Crippen LogP contribution in [-0.4, -0.2) is 13.2 Å². The van der Waals surface area contributed by atoms with Crippen LogP contribution in [0.1, 0.15) is 28.4 Å². The van der Waals surface area contributed by atoms with Gasteiger partial charge in [0.15, 0.2) is 0 Å². The van der Waals surface area contributed by atoms with E-state index in [9.17, 15) is 0 Å². The van der Waals surface area contributed by atoms with Gasteiger partial charge in [0.25, 0.3) is 0 Å². The minimum atomic E-state index is 0.0415. The highest BCUT2D eigenvalue weighted by Crippen LogP contribution is 2.28. The monoisotopic (exact) mass is 268 g/mol. The minimum Gasteiger partial charge on any atom is -0.490 e. The summed E-state index contributed by atoms with van der Waals surface area (Å²) in [6, 6.07) is 14.8. The lowest BCUT2D eigenvalue weighted by Crippen LogP contribution is -2.21. The Morgan fingerprint density at radius 1 is 1.15 bits per heavy atom. The Hall–Kier alpha value is -1.80. The molecule has 2 heteroatoms. The molecule has 1 aliphatic rings. The third kappa shape index (κ3) is 2.70. The first-order valence-corrected chi connectivity index (χ1v) is 7.13. The largest absolute Gasteiger partial charge is 0.490 e. The van der Waals surface area contributed by atoms with E-state index in [0.717, 1.165) is 18.8 Å². The number of aryl methyl sites for hydroxylation is 2. The maximum absolute atomic E-state index is 5.99. The van der Waals surface area contributed by atoms with Gasteiger partial charge in [-0.25, -0.2) is 0 Å². The quantitative estimate of drug-likeness (QED) is 0.837. The molecule has 0 aromatic heterocycles. The molecule has 0 radical (unpaired) electrons. The van der Waals surface area contributed by atoms with Crippen molar-refractivity contribution in [1.82, 2.24) is 0 Å². The van der Waals surface area contributed by atoms with Crippen LogP contribution < -0.4 is 4.74 Å². The summed E-state index contributed by atoms with van der Waals surface area (Å²) < 4.78 is 11.9. The Labute approximate surface area is 120 Å². The maximum Gasteiger partial charge on any atom is 0.122 e. The van der Waals surface area contributed by atoms with E-state index in [1.807, 2.05) is 0 Å². The molecule has 0 bridgehead atoms. The van der Waals surface area contributed by atoms with Gasteiger partial charge >= 0.3 is 0 Å². The highest BCUT2D eigenvalue weighted by Gasteiger charge is 2.21. The fourth-order valence-corrected chi connectivity index (χ4v) is 2.64. The molecule has 0 saturated carbocycles. The smallest absolute Gasteiger partial charge is 0.122 e. The first kappa shape index (κ1) is 13.2. The fourth-order valence-electron chi connectivity index (χ4n) is 2.64. The Balaban J connectivity index is 1.75. The van der Waals surface area contributed by atoms with Crippen molar-refractivity contribution < 1.29 is 9.47 Å². The highest BCUT2D eigenvalue weighted by atomic mass is 16.5. The summed E-state index contributed by atoms with van der Waals surface area (Å²) in [5, 5.41) is 0. The summed E-state index contributed by atoms with van der Waals surface area (Å²) >= 11 is 0. The van der Waals surface area contributed by atoms with Gasteiger partial charge in [-0.15, -0.1) is 0 Å². The third-order valence-corrected chi connectivity index (χ3v) is 3.83. The molecule has 0 saturated heterocycles. The zero-order chi connectivity index (χ0) is 13.9. The standard InChI is InChI=1S/C18H20O2/c1-13-7-8-14(2)17(11-13)20-12-18-16-6-4-3-5-15(16)9-10-19-18/h3-8,11,18H,9-10,12H2,1-2H3. The van der Waals surface area contributed by atoms with Crippen molar-refractivity contribution in [3.05, 3.63) is 64.7 Å². The zero-order valence-corrected chi connectivity index (χ0v) is 12.1. The molecular weight excluding hydrogens is 248 g/mol. The van der Waals surface area contributed by atoms with E-state index in [-0.39, 0.29) is 6.10 Å². The molecule has 20 heavy (non-hydrogen) atoms. The van der Waals surface area contributed by atoms with Crippen molar-refractivity contribution in [1.29, 1.82) is 0 Å². The molecule has 104 valence electrons. The second kappa shape index (κ2) is 5.68. The molecule has 3 rings (SSSR count). The second-order valence-electron chi connectivity index (χ2n) is 5.39. The van der Waals surface area contributed by atoms with E-state index in [1.54, 1.807) is 0 Å². The van der Waals surface area contributed by atoms with Gasteiger partial charge < -0.3 is 9.47 Å². The summed E-state index contributed by atoms with van der Waals surface area (Å²) in [7, 11) is 0. The molecule has 2 aromatic rings. The summed E-state index contributed by atoms with van der Waals surface area (Å²) in [6.45, 7) is 5.50. The number of benzene rings is 2. The van der Waals surface area contributed by atoms with Gasteiger partial charge in [-0.2, -0.15) is 0 Å². The van der Waals surface area contributed by atoms with Crippen molar-refractivity contribution in [2.45, 2.75) is 26.4 Å². The van der Waals surface area contributed by atoms with E-state index >= 15 is 0 Å². The SMILES string of the molecule is Cc1ccc(C)c(OCC2OCCc3ccccc32)c1. The topological polar surface area (TPSA) is 18.5 Å². The molecule has 0 amide bonds. The molecular formula is C18H20O2. The summed E-state index contributed by atoms with van der Waals surface area (Å²) in [6.07, 6.45) is 1.04. The molecule has 2 aromatic carbocycles.